The van der Waals surface area contributed by atoms with Crippen molar-refractivity contribution in [2.24, 2.45) is 5.73 Å². The lowest BCUT2D eigenvalue weighted by atomic mass is 9.96. The second kappa shape index (κ2) is 4.94. The van der Waals surface area contributed by atoms with Crippen LogP contribution in [0, 0.1) is 0 Å². The predicted molar refractivity (Wildman–Crippen MR) is 59.5 cm³/mol. The van der Waals surface area contributed by atoms with E-state index in [4.69, 9.17) is 10.5 Å². The van der Waals surface area contributed by atoms with Crippen molar-refractivity contribution in [1.82, 2.24) is 4.90 Å². The Bertz CT molecular complexity index is 229. The fourth-order valence-corrected chi connectivity index (χ4v) is 2.09. The third-order valence-corrected chi connectivity index (χ3v) is 3.02. The lowest BCUT2D eigenvalue weighted by Gasteiger charge is -2.28. The summed E-state index contributed by atoms with van der Waals surface area (Å²) in [4.78, 5) is 13.9. The number of amides is 1. The number of hydrogen-bond acceptors (Lipinski definition) is 3. The molecule has 2 atom stereocenters. The summed E-state index contributed by atoms with van der Waals surface area (Å²) < 4.78 is 5.23. The van der Waals surface area contributed by atoms with Gasteiger partial charge in [-0.05, 0) is 19.8 Å². The van der Waals surface area contributed by atoms with E-state index in [1.165, 1.54) is 0 Å². The maximum absolute atomic E-state index is 12.1. The van der Waals surface area contributed by atoms with Crippen LogP contribution >= 0.6 is 0 Å². The first-order chi connectivity index (χ1) is 7.01. The quantitative estimate of drug-likeness (QED) is 0.751. The second-order valence-corrected chi connectivity index (χ2v) is 4.57. The molecule has 4 heteroatoms. The van der Waals surface area contributed by atoms with Gasteiger partial charge in [0.25, 0.3) is 0 Å². The van der Waals surface area contributed by atoms with Crippen molar-refractivity contribution in [2.45, 2.75) is 44.8 Å². The molecule has 4 nitrogen and oxygen atoms in total. The molecule has 0 aromatic heterocycles. The fourth-order valence-electron chi connectivity index (χ4n) is 2.09. The van der Waals surface area contributed by atoms with E-state index < -0.39 is 5.54 Å². The topological polar surface area (TPSA) is 55.6 Å². The molecule has 0 saturated carbocycles. The Labute approximate surface area is 91.8 Å². The SMILES string of the molecule is CCCC(C)(N)C(=O)N1CC[C@H](OC)C1. The highest BCUT2D eigenvalue weighted by atomic mass is 16.5. The van der Waals surface area contributed by atoms with Gasteiger partial charge in [0.15, 0.2) is 0 Å². The van der Waals surface area contributed by atoms with E-state index in [0.29, 0.717) is 6.54 Å². The Hall–Kier alpha value is -0.610. The molecule has 0 aliphatic carbocycles. The summed E-state index contributed by atoms with van der Waals surface area (Å²) in [6.45, 7) is 5.32. The first-order valence-electron chi connectivity index (χ1n) is 5.62. The van der Waals surface area contributed by atoms with Crippen molar-refractivity contribution in [3.8, 4) is 0 Å². The summed E-state index contributed by atoms with van der Waals surface area (Å²) in [5.41, 5.74) is 5.29. The number of nitrogens with two attached hydrogens (primary N) is 1. The third-order valence-electron chi connectivity index (χ3n) is 3.02. The average Bonchev–Trinajstić information content (AvgIpc) is 2.64. The minimum Gasteiger partial charge on any atom is -0.380 e. The van der Waals surface area contributed by atoms with Gasteiger partial charge in [0.1, 0.15) is 0 Å². The Morgan fingerprint density at radius 1 is 1.67 bits per heavy atom. The molecule has 2 N–H and O–H groups in total. The Morgan fingerprint density at radius 3 is 2.80 bits per heavy atom. The molecule has 1 saturated heterocycles. The zero-order valence-electron chi connectivity index (χ0n) is 9.95. The summed E-state index contributed by atoms with van der Waals surface area (Å²) >= 11 is 0. The molecule has 0 bridgehead atoms. The molecule has 0 aromatic rings. The summed E-state index contributed by atoms with van der Waals surface area (Å²) in [5.74, 6) is 0.0592. The minimum absolute atomic E-state index is 0.0592. The molecule has 1 fully saturated rings. The molecular weight excluding hydrogens is 192 g/mol. The van der Waals surface area contributed by atoms with E-state index in [9.17, 15) is 4.79 Å². The van der Waals surface area contributed by atoms with Gasteiger partial charge in [0.05, 0.1) is 11.6 Å². The van der Waals surface area contributed by atoms with Crippen LogP contribution in [-0.2, 0) is 9.53 Å². The van der Waals surface area contributed by atoms with Crippen molar-refractivity contribution >= 4 is 5.91 Å². The number of carbonyl (C=O) groups is 1. The Kier molecular flexibility index (Phi) is 4.11. The lowest BCUT2D eigenvalue weighted by molar-refractivity contribution is -0.136. The van der Waals surface area contributed by atoms with Crippen molar-refractivity contribution in [1.29, 1.82) is 0 Å². The zero-order chi connectivity index (χ0) is 11.5. The van der Waals surface area contributed by atoms with Crippen LogP contribution in [0.4, 0.5) is 0 Å². The van der Waals surface area contributed by atoms with Crippen LogP contribution in [-0.4, -0.2) is 42.6 Å². The molecule has 1 aliphatic rings. The number of carbonyl (C=O) groups excluding carboxylic acids is 1. The van der Waals surface area contributed by atoms with Gasteiger partial charge in [-0.2, -0.15) is 0 Å². The maximum atomic E-state index is 12.1. The number of methoxy groups -OCH3 is 1. The molecule has 0 radical (unpaired) electrons. The number of likely N-dealkylation sites (tertiary alicyclic amines) is 1. The van der Waals surface area contributed by atoms with Gasteiger partial charge < -0.3 is 15.4 Å². The normalized spacial score (nSPS) is 25.3. The fraction of sp³-hybridized carbons (Fsp3) is 0.909. The van der Waals surface area contributed by atoms with Crippen molar-refractivity contribution < 1.29 is 9.53 Å². The predicted octanol–water partition coefficient (Wildman–Crippen LogP) is 0.751. The Morgan fingerprint density at radius 2 is 2.33 bits per heavy atom. The molecule has 0 aromatic carbocycles. The molecule has 1 amide bonds. The van der Waals surface area contributed by atoms with E-state index in [2.05, 4.69) is 0 Å². The summed E-state index contributed by atoms with van der Waals surface area (Å²) in [5, 5.41) is 0. The van der Waals surface area contributed by atoms with Gasteiger partial charge in [-0.1, -0.05) is 13.3 Å². The maximum Gasteiger partial charge on any atom is 0.242 e. The van der Waals surface area contributed by atoms with Gasteiger partial charge >= 0.3 is 0 Å². The van der Waals surface area contributed by atoms with E-state index in [0.717, 1.165) is 25.8 Å². The molecule has 1 aliphatic heterocycles. The van der Waals surface area contributed by atoms with E-state index in [1.807, 2.05) is 18.7 Å². The molecular formula is C11H22N2O2. The molecule has 88 valence electrons. The van der Waals surface area contributed by atoms with Crippen LogP contribution < -0.4 is 5.73 Å². The summed E-state index contributed by atoms with van der Waals surface area (Å²) in [7, 11) is 1.69. The van der Waals surface area contributed by atoms with Crippen molar-refractivity contribution in [3.05, 3.63) is 0 Å². The Balaban J connectivity index is 2.54. The number of rotatable bonds is 4. The average molecular weight is 214 g/mol. The van der Waals surface area contributed by atoms with Gasteiger partial charge in [-0.25, -0.2) is 0 Å². The summed E-state index contributed by atoms with van der Waals surface area (Å²) in [6.07, 6.45) is 2.77. The smallest absolute Gasteiger partial charge is 0.242 e. The highest BCUT2D eigenvalue weighted by molar-refractivity contribution is 5.85. The molecule has 0 spiro atoms. The van der Waals surface area contributed by atoms with Gasteiger partial charge in [-0.15, -0.1) is 0 Å². The van der Waals surface area contributed by atoms with Crippen molar-refractivity contribution in [2.75, 3.05) is 20.2 Å². The number of nitrogens with zero attached hydrogens (tertiary/aromatic N) is 1. The van der Waals surface area contributed by atoms with E-state index in [1.54, 1.807) is 7.11 Å². The molecule has 1 rings (SSSR count). The molecule has 1 heterocycles. The van der Waals surface area contributed by atoms with Crippen LogP contribution in [0.15, 0.2) is 0 Å². The third kappa shape index (κ3) is 2.92. The van der Waals surface area contributed by atoms with Gasteiger partial charge in [-0.3, -0.25) is 4.79 Å². The highest BCUT2D eigenvalue weighted by Crippen LogP contribution is 2.18. The number of hydrogen-bond donors (Lipinski definition) is 1. The number of ether oxygens (including phenoxy) is 1. The van der Waals surface area contributed by atoms with E-state index in [-0.39, 0.29) is 12.0 Å². The van der Waals surface area contributed by atoms with Gasteiger partial charge in [0.2, 0.25) is 5.91 Å². The zero-order valence-corrected chi connectivity index (χ0v) is 9.95. The van der Waals surface area contributed by atoms with Crippen LogP contribution in [0.25, 0.3) is 0 Å². The van der Waals surface area contributed by atoms with Crippen LogP contribution in [0.1, 0.15) is 33.1 Å². The van der Waals surface area contributed by atoms with Crippen LogP contribution in [0.2, 0.25) is 0 Å². The second-order valence-electron chi connectivity index (χ2n) is 4.57. The lowest BCUT2D eigenvalue weighted by Crippen LogP contribution is -2.52. The van der Waals surface area contributed by atoms with Crippen molar-refractivity contribution in [3.63, 3.8) is 0 Å². The van der Waals surface area contributed by atoms with Crippen LogP contribution in [0.5, 0.6) is 0 Å². The van der Waals surface area contributed by atoms with Crippen LogP contribution in [0.3, 0.4) is 0 Å². The first-order valence-corrected chi connectivity index (χ1v) is 5.62. The minimum atomic E-state index is -0.711. The largest absolute Gasteiger partial charge is 0.380 e. The standard InChI is InChI=1S/C11H22N2O2/c1-4-6-11(2,12)10(14)13-7-5-9(8-13)15-3/h9H,4-8,12H2,1-3H3/t9-,11?/m0/s1. The first kappa shape index (κ1) is 12.5. The monoisotopic (exact) mass is 214 g/mol. The van der Waals surface area contributed by atoms with Gasteiger partial charge in [0, 0.05) is 20.2 Å². The molecule has 15 heavy (non-hydrogen) atoms. The molecule has 1 unspecified atom stereocenters. The summed E-state index contributed by atoms with van der Waals surface area (Å²) in [6, 6.07) is 0. The highest BCUT2D eigenvalue weighted by Gasteiger charge is 2.35. The van der Waals surface area contributed by atoms with E-state index >= 15 is 0 Å².